The van der Waals surface area contributed by atoms with E-state index in [2.05, 4.69) is 15.3 Å². The van der Waals surface area contributed by atoms with Crippen LogP contribution < -0.4 is 15.6 Å². The van der Waals surface area contributed by atoms with Gasteiger partial charge in [0, 0.05) is 32.0 Å². The van der Waals surface area contributed by atoms with Gasteiger partial charge in [0.2, 0.25) is 5.91 Å². The molecule has 0 aliphatic carbocycles. The number of likely N-dealkylation sites (tertiary alicyclic amines) is 1. The van der Waals surface area contributed by atoms with Crippen molar-refractivity contribution in [1.29, 1.82) is 0 Å². The van der Waals surface area contributed by atoms with E-state index in [0.717, 1.165) is 0 Å². The van der Waals surface area contributed by atoms with E-state index in [4.69, 9.17) is 4.74 Å². The molecule has 1 fully saturated rings. The molecule has 2 aromatic carbocycles. The second-order valence-electron chi connectivity index (χ2n) is 9.80. The van der Waals surface area contributed by atoms with Gasteiger partial charge in [-0.25, -0.2) is 9.37 Å². The third-order valence-corrected chi connectivity index (χ3v) is 6.06. The number of H-pyrrole nitrogens is 1. The maximum absolute atomic E-state index is 13.4. The van der Waals surface area contributed by atoms with Gasteiger partial charge in [-0.3, -0.25) is 14.4 Å². The predicted octanol–water partition coefficient (Wildman–Crippen LogP) is 3.28. The Kier molecular flexibility index (Phi) is 6.86. The first kappa shape index (κ1) is 24.4. The molecule has 4 rings (SSSR count). The number of hydrogen-bond donors (Lipinski definition) is 2. The van der Waals surface area contributed by atoms with Gasteiger partial charge < -0.3 is 19.9 Å². The first-order valence-corrected chi connectivity index (χ1v) is 11.6. The number of amides is 2. The van der Waals surface area contributed by atoms with Gasteiger partial charge in [-0.05, 0) is 29.7 Å². The minimum atomic E-state index is -0.858. The van der Waals surface area contributed by atoms with Crippen LogP contribution in [0.25, 0.3) is 11.0 Å². The number of para-hydroxylation sites is 2. The van der Waals surface area contributed by atoms with Gasteiger partial charge in [-0.2, -0.15) is 0 Å². The van der Waals surface area contributed by atoms with Gasteiger partial charge in [-0.15, -0.1) is 0 Å². The highest BCUT2D eigenvalue weighted by atomic mass is 19.1. The monoisotopic (exact) mass is 480 g/mol. The molecule has 1 aliphatic rings. The second-order valence-corrected chi connectivity index (χ2v) is 9.80. The number of carbonyl (C=O) groups is 2. The van der Waals surface area contributed by atoms with Crippen LogP contribution in [0.3, 0.4) is 0 Å². The number of nitrogens with zero attached hydrogens (tertiary/aromatic N) is 2. The molecule has 0 unspecified atom stereocenters. The molecule has 1 aliphatic heterocycles. The smallest absolute Gasteiger partial charge is 0.280 e. The molecule has 2 heterocycles. The zero-order valence-corrected chi connectivity index (χ0v) is 20.0. The van der Waals surface area contributed by atoms with Crippen molar-refractivity contribution in [3.05, 3.63) is 70.4 Å². The van der Waals surface area contributed by atoms with Crippen molar-refractivity contribution in [3.8, 4) is 5.75 Å². The lowest BCUT2D eigenvalue weighted by Gasteiger charge is -2.38. The van der Waals surface area contributed by atoms with Gasteiger partial charge in [0.15, 0.2) is 5.69 Å². The standard InChI is InChI=1S/C26H29FN4O4/c1-26(2,3)22(30-24(33)21-23(32)29-20-10-5-4-9-19(20)28-21)25(34)31-13-11-17(12-14-31)35-18-8-6-7-16(27)15-18/h4-10,15,17,22H,11-14H2,1-3H3,(H,29,32)(H,30,33)/t22-/m1/s1. The molecule has 184 valence electrons. The largest absolute Gasteiger partial charge is 0.490 e. The molecule has 9 heteroatoms. The fourth-order valence-electron chi connectivity index (χ4n) is 4.14. The topological polar surface area (TPSA) is 104 Å². The predicted molar refractivity (Wildman–Crippen MR) is 130 cm³/mol. The number of ether oxygens (including phenoxy) is 1. The molecular weight excluding hydrogens is 451 g/mol. The highest BCUT2D eigenvalue weighted by Crippen LogP contribution is 2.25. The maximum Gasteiger partial charge on any atom is 0.280 e. The van der Waals surface area contributed by atoms with Crippen LogP contribution in [0.15, 0.2) is 53.3 Å². The normalized spacial score (nSPS) is 15.6. The lowest BCUT2D eigenvalue weighted by molar-refractivity contribution is -0.137. The van der Waals surface area contributed by atoms with E-state index in [0.29, 0.717) is 42.7 Å². The molecule has 2 amide bonds. The number of aromatic nitrogens is 2. The van der Waals surface area contributed by atoms with Crippen LogP contribution in [-0.2, 0) is 4.79 Å². The summed E-state index contributed by atoms with van der Waals surface area (Å²) in [6, 6.07) is 12.1. The Morgan fingerprint density at radius 3 is 2.54 bits per heavy atom. The number of rotatable bonds is 5. The first-order chi connectivity index (χ1) is 16.6. The summed E-state index contributed by atoms with van der Waals surface area (Å²) in [5.74, 6) is -0.830. The summed E-state index contributed by atoms with van der Waals surface area (Å²) in [5, 5.41) is 2.75. The molecular formula is C26H29FN4O4. The lowest BCUT2D eigenvalue weighted by Crippen LogP contribution is -2.57. The van der Waals surface area contributed by atoms with Crippen LogP contribution in [0, 0.1) is 11.2 Å². The van der Waals surface area contributed by atoms with E-state index < -0.39 is 22.9 Å². The van der Waals surface area contributed by atoms with E-state index in [-0.39, 0.29) is 23.5 Å². The van der Waals surface area contributed by atoms with Crippen LogP contribution in [0.5, 0.6) is 5.75 Å². The van der Waals surface area contributed by atoms with Crippen molar-refractivity contribution >= 4 is 22.8 Å². The second kappa shape index (κ2) is 9.85. The van der Waals surface area contributed by atoms with Gasteiger partial charge in [-0.1, -0.05) is 39.0 Å². The molecule has 0 spiro atoms. The summed E-state index contributed by atoms with van der Waals surface area (Å²) in [7, 11) is 0. The molecule has 2 N–H and O–H groups in total. The molecule has 1 aromatic heterocycles. The molecule has 1 atom stereocenters. The van der Waals surface area contributed by atoms with Crippen molar-refractivity contribution in [1.82, 2.24) is 20.2 Å². The Morgan fingerprint density at radius 2 is 1.86 bits per heavy atom. The minimum Gasteiger partial charge on any atom is -0.490 e. The summed E-state index contributed by atoms with van der Waals surface area (Å²) < 4.78 is 19.3. The lowest BCUT2D eigenvalue weighted by atomic mass is 9.85. The number of nitrogens with one attached hydrogen (secondary N) is 2. The summed E-state index contributed by atoms with van der Waals surface area (Å²) in [6.07, 6.45) is 1.03. The Labute approximate surface area is 202 Å². The molecule has 0 saturated carbocycles. The van der Waals surface area contributed by atoms with E-state index in [9.17, 15) is 18.8 Å². The molecule has 8 nitrogen and oxygen atoms in total. The number of piperidine rings is 1. The van der Waals surface area contributed by atoms with E-state index in [1.807, 2.05) is 20.8 Å². The Balaban J connectivity index is 1.44. The molecule has 1 saturated heterocycles. The summed E-state index contributed by atoms with van der Waals surface area (Å²) in [6.45, 7) is 6.45. The number of carbonyl (C=O) groups excluding carboxylic acids is 2. The first-order valence-electron chi connectivity index (χ1n) is 11.6. The van der Waals surface area contributed by atoms with E-state index >= 15 is 0 Å². The molecule has 35 heavy (non-hydrogen) atoms. The molecule has 0 bridgehead atoms. The zero-order valence-electron chi connectivity index (χ0n) is 20.0. The zero-order chi connectivity index (χ0) is 25.2. The quantitative estimate of drug-likeness (QED) is 0.583. The third-order valence-electron chi connectivity index (χ3n) is 6.06. The highest BCUT2D eigenvalue weighted by molar-refractivity contribution is 5.97. The Hall–Kier alpha value is -3.75. The Bertz CT molecular complexity index is 1290. The van der Waals surface area contributed by atoms with Gasteiger partial charge in [0.05, 0.1) is 11.0 Å². The number of aromatic amines is 1. The van der Waals surface area contributed by atoms with E-state index in [1.54, 1.807) is 41.3 Å². The summed E-state index contributed by atoms with van der Waals surface area (Å²) in [4.78, 5) is 47.5. The fourth-order valence-corrected chi connectivity index (χ4v) is 4.14. The number of benzene rings is 2. The van der Waals surface area contributed by atoms with Gasteiger partial charge in [0.1, 0.15) is 23.7 Å². The van der Waals surface area contributed by atoms with Crippen LogP contribution in [0.2, 0.25) is 0 Å². The summed E-state index contributed by atoms with van der Waals surface area (Å²) in [5.41, 5.74) is -0.493. The average Bonchev–Trinajstić information content (AvgIpc) is 2.81. The number of fused-ring (bicyclic) bond motifs is 1. The van der Waals surface area contributed by atoms with Crippen molar-refractivity contribution in [2.45, 2.75) is 45.8 Å². The summed E-state index contributed by atoms with van der Waals surface area (Å²) >= 11 is 0. The van der Waals surface area contributed by atoms with E-state index in [1.165, 1.54) is 12.1 Å². The van der Waals surface area contributed by atoms with Crippen LogP contribution in [-0.4, -0.2) is 51.9 Å². The van der Waals surface area contributed by atoms with Crippen molar-refractivity contribution in [2.75, 3.05) is 13.1 Å². The SMILES string of the molecule is CC(C)(C)[C@H](NC(=O)c1nc2ccccc2[nH]c1=O)C(=O)N1CCC(Oc2cccc(F)c2)CC1. The maximum atomic E-state index is 13.4. The average molecular weight is 481 g/mol. The van der Waals surface area contributed by atoms with Crippen molar-refractivity contribution in [2.24, 2.45) is 5.41 Å². The van der Waals surface area contributed by atoms with Crippen LogP contribution >= 0.6 is 0 Å². The Morgan fingerprint density at radius 1 is 1.14 bits per heavy atom. The van der Waals surface area contributed by atoms with Crippen molar-refractivity contribution < 1.29 is 18.7 Å². The molecule has 0 radical (unpaired) electrons. The molecule has 3 aromatic rings. The van der Waals surface area contributed by atoms with Gasteiger partial charge in [0.25, 0.3) is 11.5 Å². The highest BCUT2D eigenvalue weighted by Gasteiger charge is 2.38. The van der Waals surface area contributed by atoms with Gasteiger partial charge >= 0.3 is 0 Å². The number of halogens is 1. The minimum absolute atomic E-state index is 0.135. The third kappa shape index (κ3) is 5.67. The van der Waals surface area contributed by atoms with Crippen LogP contribution in [0.1, 0.15) is 44.1 Å². The number of hydrogen-bond acceptors (Lipinski definition) is 5. The van der Waals surface area contributed by atoms with Crippen LogP contribution in [0.4, 0.5) is 4.39 Å². The fraction of sp³-hybridized carbons (Fsp3) is 0.385. The van der Waals surface area contributed by atoms with Crippen molar-refractivity contribution in [3.63, 3.8) is 0 Å².